The zero-order valence-corrected chi connectivity index (χ0v) is 16.0. The van der Waals surface area contributed by atoms with Crippen LogP contribution in [0.5, 0.6) is 0 Å². The van der Waals surface area contributed by atoms with Gasteiger partial charge in [0.05, 0.1) is 0 Å². The fourth-order valence-electron chi connectivity index (χ4n) is 3.91. The van der Waals surface area contributed by atoms with Crippen LogP contribution in [-0.2, 0) is 13.0 Å². The van der Waals surface area contributed by atoms with E-state index in [1.807, 2.05) is 28.0 Å². The van der Waals surface area contributed by atoms with Crippen LogP contribution in [0.2, 0.25) is 5.02 Å². The monoisotopic (exact) mass is 387 g/mol. The van der Waals surface area contributed by atoms with Crippen LogP contribution < -0.4 is 4.90 Å². The average Bonchev–Trinajstić information content (AvgIpc) is 2.70. The van der Waals surface area contributed by atoms with Gasteiger partial charge in [0, 0.05) is 55.5 Å². The maximum absolute atomic E-state index is 14.0. The van der Waals surface area contributed by atoms with Gasteiger partial charge in [-0.05, 0) is 36.6 Å². The summed E-state index contributed by atoms with van der Waals surface area (Å²) in [5, 5.41) is 0.457. The van der Waals surface area contributed by atoms with Crippen molar-refractivity contribution in [3.8, 4) is 0 Å². The number of hydrogen-bond acceptors (Lipinski definition) is 2. The van der Waals surface area contributed by atoms with Gasteiger partial charge in [-0.25, -0.2) is 9.18 Å². The lowest BCUT2D eigenvalue weighted by Gasteiger charge is -2.39. The Hall–Kier alpha value is -2.11. The van der Waals surface area contributed by atoms with E-state index in [2.05, 4.69) is 11.0 Å². The van der Waals surface area contributed by atoms with E-state index in [0.717, 1.165) is 25.1 Å². The first kappa shape index (κ1) is 18.3. The third kappa shape index (κ3) is 3.80. The highest BCUT2D eigenvalue weighted by Crippen LogP contribution is 2.28. The minimum atomic E-state index is -0.272. The molecule has 0 unspecified atom stereocenters. The molecular formula is C21H23ClFN3O. The Morgan fingerprint density at radius 1 is 1.00 bits per heavy atom. The molecule has 1 fully saturated rings. The highest BCUT2D eigenvalue weighted by molar-refractivity contribution is 6.31. The van der Waals surface area contributed by atoms with Gasteiger partial charge in [-0.1, -0.05) is 35.9 Å². The fraction of sp³-hybridized carbons (Fsp3) is 0.381. The van der Waals surface area contributed by atoms with Crippen LogP contribution in [-0.4, -0.2) is 48.6 Å². The van der Waals surface area contributed by atoms with E-state index in [9.17, 15) is 9.18 Å². The first-order valence-corrected chi connectivity index (χ1v) is 9.81. The van der Waals surface area contributed by atoms with Crippen LogP contribution in [0.4, 0.5) is 14.9 Å². The van der Waals surface area contributed by atoms with Crippen LogP contribution >= 0.6 is 11.6 Å². The lowest BCUT2D eigenvalue weighted by molar-refractivity contribution is 0.138. The average molecular weight is 388 g/mol. The summed E-state index contributed by atoms with van der Waals surface area (Å²) < 4.78 is 14.0. The normalized spacial score (nSPS) is 17.7. The van der Waals surface area contributed by atoms with Gasteiger partial charge in [0.1, 0.15) is 5.82 Å². The van der Waals surface area contributed by atoms with Gasteiger partial charge in [0.2, 0.25) is 0 Å². The van der Waals surface area contributed by atoms with Crippen molar-refractivity contribution in [2.45, 2.75) is 19.4 Å². The van der Waals surface area contributed by atoms with E-state index in [1.165, 1.54) is 11.6 Å². The van der Waals surface area contributed by atoms with E-state index in [4.69, 9.17) is 11.6 Å². The molecule has 0 spiro atoms. The van der Waals surface area contributed by atoms with Crippen LogP contribution in [0.1, 0.15) is 17.5 Å². The van der Waals surface area contributed by atoms with Gasteiger partial charge in [0.15, 0.2) is 0 Å². The smallest absolute Gasteiger partial charge is 0.322 e. The molecule has 1 saturated heterocycles. The molecule has 2 aromatic carbocycles. The highest BCUT2D eigenvalue weighted by Gasteiger charge is 2.29. The molecule has 0 bridgehead atoms. The summed E-state index contributed by atoms with van der Waals surface area (Å²) in [5.41, 5.74) is 2.81. The summed E-state index contributed by atoms with van der Waals surface area (Å²) >= 11 is 6.14. The first-order chi connectivity index (χ1) is 13.1. The van der Waals surface area contributed by atoms with Gasteiger partial charge in [0.25, 0.3) is 0 Å². The third-order valence-corrected chi connectivity index (χ3v) is 5.78. The standard InChI is InChI=1S/C21H23ClFN3O/c22-18-7-3-8-19(23)17(18)15-24-11-13-25(14-12-24)21(27)26-10-4-6-16-5-1-2-9-20(16)26/h1-3,5,7-9H,4,6,10-15H2. The summed E-state index contributed by atoms with van der Waals surface area (Å²) in [6.07, 6.45) is 2.02. The number of rotatable bonds is 2. The van der Waals surface area contributed by atoms with Crippen LogP contribution in [0.25, 0.3) is 0 Å². The molecule has 142 valence electrons. The van der Waals surface area contributed by atoms with E-state index < -0.39 is 0 Å². The zero-order chi connectivity index (χ0) is 18.8. The molecule has 2 amide bonds. The minimum absolute atomic E-state index is 0.0747. The van der Waals surface area contributed by atoms with Crippen LogP contribution in [0, 0.1) is 5.82 Å². The zero-order valence-electron chi connectivity index (χ0n) is 15.2. The van der Waals surface area contributed by atoms with Gasteiger partial charge in [-0.3, -0.25) is 9.80 Å². The molecule has 4 rings (SSSR count). The van der Waals surface area contributed by atoms with Gasteiger partial charge >= 0.3 is 6.03 Å². The number of para-hydroxylation sites is 1. The molecule has 0 aromatic heterocycles. The number of hydrogen-bond donors (Lipinski definition) is 0. The maximum atomic E-state index is 14.0. The molecule has 0 aliphatic carbocycles. The number of nitrogens with zero attached hydrogens (tertiary/aromatic N) is 3. The first-order valence-electron chi connectivity index (χ1n) is 9.43. The molecule has 0 N–H and O–H groups in total. The Morgan fingerprint density at radius 3 is 2.56 bits per heavy atom. The van der Waals surface area contributed by atoms with Crippen LogP contribution in [0.15, 0.2) is 42.5 Å². The summed E-state index contributed by atoms with van der Waals surface area (Å²) in [7, 11) is 0. The third-order valence-electron chi connectivity index (χ3n) is 5.43. The molecule has 0 radical (unpaired) electrons. The lowest BCUT2D eigenvalue weighted by atomic mass is 10.0. The van der Waals surface area contributed by atoms with E-state index in [0.29, 0.717) is 43.3 Å². The predicted octanol–water partition coefficient (Wildman–Crippen LogP) is 4.17. The van der Waals surface area contributed by atoms with Crippen molar-refractivity contribution in [1.29, 1.82) is 0 Å². The number of fused-ring (bicyclic) bond motifs is 1. The molecule has 6 heteroatoms. The van der Waals surface area contributed by atoms with Crippen molar-refractivity contribution in [2.24, 2.45) is 0 Å². The van der Waals surface area contributed by atoms with Crippen LogP contribution in [0.3, 0.4) is 0 Å². The molecule has 2 aliphatic heterocycles. The Bertz CT molecular complexity index is 816. The number of piperazine rings is 1. The highest BCUT2D eigenvalue weighted by atomic mass is 35.5. The molecule has 0 saturated carbocycles. The molecule has 2 aromatic rings. The Kier molecular flexibility index (Phi) is 5.32. The SMILES string of the molecule is O=C(N1CCN(Cc2c(F)cccc2Cl)CC1)N1CCCc2ccccc21. The number of amides is 2. The fourth-order valence-corrected chi connectivity index (χ4v) is 4.13. The topological polar surface area (TPSA) is 26.8 Å². The molecule has 2 aliphatic rings. The van der Waals surface area contributed by atoms with Gasteiger partial charge in [-0.15, -0.1) is 0 Å². The van der Waals surface area contributed by atoms with E-state index in [-0.39, 0.29) is 11.8 Å². The number of urea groups is 1. The van der Waals surface area contributed by atoms with Gasteiger partial charge in [-0.2, -0.15) is 0 Å². The second kappa shape index (κ2) is 7.87. The number of halogens is 2. The number of aryl methyl sites for hydroxylation is 1. The summed E-state index contributed by atoms with van der Waals surface area (Å²) in [6, 6.07) is 13.0. The summed E-state index contributed by atoms with van der Waals surface area (Å²) in [6.45, 7) is 3.95. The predicted molar refractivity (Wildman–Crippen MR) is 106 cm³/mol. The Balaban J connectivity index is 1.39. The van der Waals surface area contributed by atoms with Crippen molar-refractivity contribution in [3.05, 3.63) is 64.4 Å². The summed E-state index contributed by atoms with van der Waals surface area (Å²) in [5.74, 6) is -0.272. The lowest BCUT2D eigenvalue weighted by Crippen LogP contribution is -2.53. The molecule has 27 heavy (non-hydrogen) atoms. The minimum Gasteiger partial charge on any atom is -0.322 e. The van der Waals surface area contributed by atoms with Crippen molar-refractivity contribution in [3.63, 3.8) is 0 Å². The maximum Gasteiger partial charge on any atom is 0.324 e. The molecule has 4 nitrogen and oxygen atoms in total. The Morgan fingerprint density at radius 2 is 1.78 bits per heavy atom. The van der Waals surface area contributed by atoms with Crippen molar-refractivity contribution in [2.75, 3.05) is 37.6 Å². The van der Waals surface area contributed by atoms with E-state index in [1.54, 1.807) is 12.1 Å². The molecule has 2 heterocycles. The number of carbonyl (C=O) groups is 1. The van der Waals surface area contributed by atoms with Crippen molar-refractivity contribution in [1.82, 2.24) is 9.80 Å². The second-order valence-corrected chi connectivity index (χ2v) is 7.54. The van der Waals surface area contributed by atoms with Crippen molar-refractivity contribution < 1.29 is 9.18 Å². The molecule has 0 atom stereocenters. The quantitative estimate of drug-likeness (QED) is 0.773. The number of anilines is 1. The number of benzene rings is 2. The summed E-state index contributed by atoms with van der Waals surface area (Å²) in [4.78, 5) is 19.0. The molecular weight excluding hydrogens is 365 g/mol. The largest absolute Gasteiger partial charge is 0.324 e. The van der Waals surface area contributed by atoms with E-state index >= 15 is 0 Å². The van der Waals surface area contributed by atoms with Crippen molar-refractivity contribution >= 4 is 23.3 Å². The number of carbonyl (C=O) groups excluding carboxylic acids is 1. The van der Waals surface area contributed by atoms with Gasteiger partial charge < -0.3 is 4.90 Å². The second-order valence-electron chi connectivity index (χ2n) is 7.13. The Labute approximate surface area is 164 Å².